The summed E-state index contributed by atoms with van der Waals surface area (Å²) >= 11 is 1.47. The zero-order chi connectivity index (χ0) is 17.2. The first-order valence-electron chi connectivity index (χ1n) is 8.40. The van der Waals surface area contributed by atoms with Crippen LogP contribution in [-0.2, 0) is 16.4 Å². The van der Waals surface area contributed by atoms with Crippen molar-refractivity contribution in [2.24, 2.45) is 5.41 Å². The molecule has 1 amide bonds. The van der Waals surface area contributed by atoms with E-state index in [0.717, 1.165) is 55.0 Å². The van der Waals surface area contributed by atoms with E-state index in [-0.39, 0.29) is 18.3 Å². The van der Waals surface area contributed by atoms with Crippen molar-refractivity contribution in [3.63, 3.8) is 0 Å². The normalized spacial score (nSPS) is 19.8. The third-order valence-corrected chi connectivity index (χ3v) is 6.91. The minimum Gasteiger partial charge on any atom is -0.338 e. The summed E-state index contributed by atoms with van der Waals surface area (Å²) in [6, 6.07) is 3.79. The molecule has 2 fully saturated rings. The molecule has 2 saturated heterocycles. The molecule has 2 aliphatic heterocycles. The van der Waals surface area contributed by atoms with E-state index in [1.807, 2.05) is 17.0 Å². The van der Waals surface area contributed by atoms with Gasteiger partial charge in [-0.05, 0) is 49.8 Å². The summed E-state index contributed by atoms with van der Waals surface area (Å²) in [5.74, 6) is 0.114. The quantitative estimate of drug-likeness (QED) is 0.774. The van der Waals surface area contributed by atoms with Gasteiger partial charge in [-0.25, -0.2) is 13.1 Å². The van der Waals surface area contributed by atoms with Crippen molar-refractivity contribution in [1.29, 1.82) is 0 Å². The van der Waals surface area contributed by atoms with Crippen LogP contribution < -0.4 is 10.0 Å². The predicted molar refractivity (Wildman–Crippen MR) is 103 cm³/mol. The summed E-state index contributed by atoms with van der Waals surface area (Å²) in [7, 11) is -3.16. The maximum atomic E-state index is 12.7. The van der Waals surface area contributed by atoms with Crippen LogP contribution in [0, 0.1) is 5.41 Å². The Kier molecular flexibility index (Phi) is 6.89. The van der Waals surface area contributed by atoms with Gasteiger partial charge in [0.1, 0.15) is 0 Å². The van der Waals surface area contributed by atoms with Crippen LogP contribution in [0.5, 0.6) is 0 Å². The number of rotatable bonds is 5. The van der Waals surface area contributed by atoms with Crippen molar-refractivity contribution in [3.8, 4) is 0 Å². The van der Waals surface area contributed by atoms with E-state index in [1.165, 1.54) is 17.8 Å². The van der Waals surface area contributed by atoms with Crippen LogP contribution in [0.1, 0.15) is 33.8 Å². The minimum absolute atomic E-state index is 0. The highest BCUT2D eigenvalue weighted by Crippen LogP contribution is 2.37. The fourth-order valence-electron chi connectivity index (χ4n) is 3.55. The Labute approximate surface area is 159 Å². The third kappa shape index (κ3) is 5.40. The molecule has 2 aliphatic rings. The maximum absolute atomic E-state index is 12.7. The van der Waals surface area contributed by atoms with Gasteiger partial charge >= 0.3 is 0 Å². The van der Waals surface area contributed by atoms with Crippen molar-refractivity contribution in [2.75, 3.05) is 39.0 Å². The molecule has 2 N–H and O–H groups in total. The number of amides is 1. The molecule has 1 spiro atoms. The number of likely N-dealkylation sites (tertiary alicyclic amines) is 1. The van der Waals surface area contributed by atoms with Gasteiger partial charge in [0.15, 0.2) is 0 Å². The maximum Gasteiger partial charge on any atom is 0.263 e. The Morgan fingerprint density at radius 3 is 2.64 bits per heavy atom. The van der Waals surface area contributed by atoms with Crippen molar-refractivity contribution >= 4 is 39.7 Å². The van der Waals surface area contributed by atoms with Crippen LogP contribution >= 0.6 is 23.7 Å². The van der Waals surface area contributed by atoms with Gasteiger partial charge in [-0.3, -0.25) is 4.79 Å². The van der Waals surface area contributed by atoms with Gasteiger partial charge in [0, 0.05) is 31.1 Å². The number of nitrogens with one attached hydrogen (secondary N) is 2. The summed E-state index contributed by atoms with van der Waals surface area (Å²) in [4.78, 5) is 16.4. The Morgan fingerprint density at radius 2 is 2.04 bits per heavy atom. The van der Waals surface area contributed by atoms with Gasteiger partial charge in [0.05, 0.1) is 11.1 Å². The monoisotopic (exact) mass is 407 g/mol. The van der Waals surface area contributed by atoms with Crippen molar-refractivity contribution in [1.82, 2.24) is 14.9 Å². The average Bonchev–Trinajstić information content (AvgIpc) is 3.16. The second kappa shape index (κ2) is 8.35. The number of carbonyl (C=O) groups excluding carboxylic acids is 1. The molecule has 1 aromatic heterocycles. The smallest absolute Gasteiger partial charge is 0.263 e. The van der Waals surface area contributed by atoms with Crippen molar-refractivity contribution in [2.45, 2.75) is 25.7 Å². The van der Waals surface area contributed by atoms with Crippen molar-refractivity contribution in [3.05, 3.63) is 21.9 Å². The van der Waals surface area contributed by atoms with Crippen LogP contribution in [0.4, 0.5) is 0 Å². The summed E-state index contributed by atoms with van der Waals surface area (Å²) in [5.41, 5.74) is 0.411. The standard InChI is InChI=1S/C16H25N3O3S2.ClH/c1-24(21,22)18-8-4-13-2-3-14(23-13)15(20)19-10-6-16(7-11-19)5-9-17-12-16;/h2-3,17-18H,4-12H2,1H3;1H. The lowest BCUT2D eigenvalue weighted by Crippen LogP contribution is -2.43. The number of sulfonamides is 1. The Hall–Kier alpha value is -0.670. The zero-order valence-corrected chi connectivity index (χ0v) is 16.9. The van der Waals surface area contributed by atoms with Gasteiger partial charge in [0.2, 0.25) is 10.0 Å². The van der Waals surface area contributed by atoms with Crippen LogP contribution in [0.15, 0.2) is 12.1 Å². The first-order chi connectivity index (χ1) is 11.4. The van der Waals surface area contributed by atoms with E-state index >= 15 is 0 Å². The first-order valence-corrected chi connectivity index (χ1v) is 11.1. The predicted octanol–water partition coefficient (Wildman–Crippen LogP) is 1.48. The van der Waals surface area contributed by atoms with E-state index in [1.54, 1.807) is 0 Å². The number of thiophene rings is 1. The fraction of sp³-hybridized carbons (Fsp3) is 0.688. The van der Waals surface area contributed by atoms with E-state index in [0.29, 0.717) is 18.4 Å². The van der Waals surface area contributed by atoms with Gasteiger partial charge < -0.3 is 10.2 Å². The van der Waals surface area contributed by atoms with E-state index in [2.05, 4.69) is 10.0 Å². The van der Waals surface area contributed by atoms with E-state index in [9.17, 15) is 13.2 Å². The molecule has 0 bridgehead atoms. The van der Waals surface area contributed by atoms with Crippen LogP contribution in [0.3, 0.4) is 0 Å². The lowest BCUT2D eigenvalue weighted by atomic mass is 9.78. The summed E-state index contributed by atoms with van der Waals surface area (Å²) < 4.78 is 24.6. The Bertz CT molecular complexity index is 689. The molecular weight excluding hydrogens is 382 g/mol. The fourth-order valence-corrected chi connectivity index (χ4v) is 5.00. The molecule has 9 heteroatoms. The molecule has 0 radical (unpaired) electrons. The molecule has 1 aromatic rings. The molecule has 6 nitrogen and oxygen atoms in total. The minimum atomic E-state index is -3.16. The highest BCUT2D eigenvalue weighted by atomic mass is 35.5. The molecule has 3 heterocycles. The largest absolute Gasteiger partial charge is 0.338 e. The molecular formula is C16H26ClN3O3S2. The second-order valence-corrected chi connectivity index (χ2v) is 9.90. The molecule has 0 aliphatic carbocycles. The lowest BCUT2D eigenvalue weighted by molar-refractivity contribution is 0.0612. The summed E-state index contributed by atoms with van der Waals surface area (Å²) in [6.45, 7) is 4.23. The van der Waals surface area contributed by atoms with Crippen LogP contribution in [0.2, 0.25) is 0 Å². The van der Waals surface area contributed by atoms with Crippen LogP contribution in [-0.4, -0.2) is 58.2 Å². The summed E-state index contributed by atoms with van der Waals surface area (Å²) in [6.07, 6.45) is 5.16. The number of piperidine rings is 1. The van der Waals surface area contributed by atoms with E-state index < -0.39 is 10.0 Å². The Balaban J connectivity index is 0.00000225. The number of halogens is 1. The van der Waals surface area contributed by atoms with Crippen molar-refractivity contribution < 1.29 is 13.2 Å². The topological polar surface area (TPSA) is 78.5 Å². The average molecular weight is 408 g/mol. The molecule has 3 rings (SSSR count). The van der Waals surface area contributed by atoms with Gasteiger partial charge in [0.25, 0.3) is 5.91 Å². The molecule has 0 atom stereocenters. The molecule has 0 aromatic carbocycles. The van der Waals surface area contributed by atoms with Gasteiger partial charge in [-0.15, -0.1) is 23.7 Å². The number of carbonyl (C=O) groups is 1. The highest BCUT2D eigenvalue weighted by molar-refractivity contribution is 7.88. The molecule has 25 heavy (non-hydrogen) atoms. The first kappa shape index (κ1) is 20.6. The highest BCUT2D eigenvalue weighted by Gasteiger charge is 2.38. The molecule has 142 valence electrons. The molecule has 0 unspecified atom stereocenters. The zero-order valence-electron chi connectivity index (χ0n) is 14.4. The summed E-state index contributed by atoms with van der Waals surface area (Å²) in [5, 5.41) is 3.44. The van der Waals surface area contributed by atoms with E-state index in [4.69, 9.17) is 0 Å². The second-order valence-electron chi connectivity index (χ2n) is 6.90. The van der Waals surface area contributed by atoms with Crippen LogP contribution in [0.25, 0.3) is 0 Å². The number of nitrogens with zero attached hydrogens (tertiary/aromatic N) is 1. The number of hydrogen-bond acceptors (Lipinski definition) is 5. The Morgan fingerprint density at radius 1 is 1.32 bits per heavy atom. The van der Waals surface area contributed by atoms with Gasteiger partial charge in [-0.1, -0.05) is 0 Å². The third-order valence-electron chi connectivity index (χ3n) is 5.05. The van der Waals surface area contributed by atoms with Gasteiger partial charge in [-0.2, -0.15) is 0 Å². The SMILES string of the molecule is CS(=O)(=O)NCCc1ccc(C(=O)N2CCC3(CCNC3)CC2)s1.Cl. The number of hydrogen-bond donors (Lipinski definition) is 2. The molecule has 0 saturated carbocycles. The lowest BCUT2D eigenvalue weighted by Gasteiger charge is -2.38.